The molecular formula is C14H18FN3O2. The van der Waals surface area contributed by atoms with Gasteiger partial charge in [0.15, 0.2) is 0 Å². The van der Waals surface area contributed by atoms with Gasteiger partial charge in [0.2, 0.25) is 0 Å². The first-order valence-corrected chi connectivity index (χ1v) is 6.36. The van der Waals surface area contributed by atoms with Crippen molar-refractivity contribution in [2.75, 3.05) is 19.0 Å². The van der Waals surface area contributed by atoms with Crippen LogP contribution in [-0.2, 0) is 11.3 Å². The maximum atomic E-state index is 13.0. The van der Waals surface area contributed by atoms with Gasteiger partial charge in [0.05, 0.1) is 31.1 Å². The van der Waals surface area contributed by atoms with Crippen molar-refractivity contribution in [3.63, 3.8) is 0 Å². The van der Waals surface area contributed by atoms with Gasteiger partial charge in [-0.25, -0.2) is 4.39 Å². The Hall–Kier alpha value is -2.08. The van der Waals surface area contributed by atoms with Crippen LogP contribution in [0.15, 0.2) is 30.6 Å². The van der Waals surface area contributed by atoms with E-state index in [4.69, 9.17) is 4.74 Å². The van der Waals surface area contributed by atoms with Crippen LogP contribution in [-0.4, -0.2) is 28.6 Å². The van der Waals surface area contributed by atoms with Crippen LogP contribution in [0.2, 0.25) is 0 Å². The number of aromatic hydroxyl groups is 1. The van der Waals surface area contributed by atoms with E-state index in [0.29, 0.717) is 18.7 Å². The Morgan fingerprint density at radius 2 is 2.30 bits per heavy atom. The molecule has 0 saturated heterocycles. The molecule has 0 aliphatic heterocycles. The van der Waals surface area contributed by atoms with E-state index in [-0.39, 0.29) is 11.8 Å². The van der Waals surface area contributed by atoms with E-state index in [0.717, 1.165) is 11.8 Å². The molecule has 6 heteroatoms. The van der Waals surface area contributed by atoms with E-state index in [2.05, 4.69) is 10.4 Å². The molecule has 0 amide bonds. The molecule has 0 saturated carbocycles. The molecular weight excluding hydrogens is 261 g/mol. The monoisotopic (exact) mass is 279 g/mol. The minimum atomic E-state index is -0.453. The fourth-order valence-corrected chi connectivity index (χ4v) is 1.96. The van der Waals surface area contributed by atoms with E-state index < -0.39 is 5.82 Å². The highest BCUT2D eigenvalue weighted by molar-refractivity contribution is 5.44. The molecule has 0 bridgehead atoms. The summed E-state index contributed by atoms with van der Waals surface area (Å²) in [4.78, 5) is 0. The van der Waals surface area contributed by atoms with E-state index >= 15 is 0 Å². The number of anilines is 1. The summed E-state index contributed by atoms with van der Waals surface area (Å²) in [6, 6.07) is 3.85. The second-order valence-electron chi connectivity index (χ2n) is 4.55. The maximum absolute atomic E-state index is 13.0. The van der Waals surface area contributed by atoms with Crippen molar-refractivity contribution in [1.82, 2.24) is 9.78 Å². The highest BCUT2D eigenvalue weighted by atomic mass is 19.1. The Morgan fingerprint density at radius 3 is 3.00 bits per heavy atom. The molecule has 1 aromatic carbocycles. The van der Waals surface area contributed by atoms with Gasteiger partial charge < -0.3 is 15.2 Å². The lowest BCUT2D eigenvalue weighted by molar-refractivity contribution is 0.183. The molecule has 5 nitrogen and oxygen atoms in total. The molecule has 20 heavy (non-hydrogen) atoms. The zero-order valence-corrected chi connectivity index (χ0v) is 11.5. The second-order valence-corrected chi connectivity index (χ2v) is 4.55. The number of nitrogens with zero attached hydrogens (tertiary/aromatic N) is 2. The van der Waals surface area contributed by atoms with Crippen LogP contribution in [0.3, 0.4) is 0 Å². The lowest BCUT2D eigenvalue weighted by Crippen LogP contribution is -2.07. The van der Waals surface area contributed by atoms with Crippen LogP contribution < -0.4 is 5.32 Å². The summed E-state index contributed by atoms with van der Waals surface area (Å²) in [6.45, 7) is 3.16. The van der Waals surface area contributed by atoms with E-state index in [1.165, 1.54) is 6.07 Å². The number of ether oxygens (including phenoxy) is 1. The van der Waals surface area contributed by atoms with E-state index in [1.54, 1.807) is 24.1 Å². The van der Waals surface area contributed by atoms with Crippen molar-refractivity contribution < 1.29 is 14.2 Å². The molecule has 2 N–H and O–H groups in total. The van der Waals surface area contributed by atoms with Gasteiger partial charge in [-0.05, 0) is 13.0 Å². The van der Waals surface area contributed by atoms with Crippen molar-refractivity contribution in [2.24, 2.45) is 0 Å². The fourth-order valence-electron chi connectivity index (χ4n) is 1.96. The predicted octanol–water partition coefficient (Wildman–Crippen LogP) is 2.55. The minimum absolute atomic E-state index is 0.0585. The first kappa shape index (κ1) is 14.3. The number of phenols is 1. The van der Waals surface area contributed by atoms with Gasteiger partial charge in [-0.1, -0.05) is 6.07 Å². The number of aromatic nitrogens is 2. The lowest BCUT2D eigenvalue weighted by Gasteiger charge is -2.15. The van der Waals surface area contributed by atoms with E-state index in [9.17, 15) is 9.50 Å². The molecule has 1 aromatic heterocycles. The van der Waals surface area contributed by atoms with E-state index in [1.807, 2.05) is 13.1 Å². The smallest absolute Gasteiger partial charge is 0.126 e. The van der Waals surface area contributed by atoms with Gasteiger partial charge in [0, 0.05) is 24.9 Å². The number of nitrogens with one attached hydrogen (secondary N) is 1. The van der Waals surface area contributed by atoms with Crippen LogP contribution in [0.25, 0.3) is 0 Å². The normalized spacial score (nSPS) is 12.3. The maximum Gasteiger partial charge on any atom is 0.126 e. The topological polar surface area (TPSA) is 59.3 Å². The second kappa shape index (κ2) is 6.38. The molecule has 0 aliphatic rings. The van der Waals surface area contributed by atoms with Gasteiger partial charge in [0.25, 0.3) is 0 Å². The number of halogens is 1. The average molecular weight is 279 g/mol. The average Bonchev–Trinajstić information content (AvgIpc) is 2.83. The summed E-state index contributed by atoms with van der Waals surface area (Å²) in [5.41, 5.74) is 1.47. The Morgan fingerprint density at radius 1 is 1.50 bits per heavy atom. The number of hydrogen-bond acceptors (Lipinski definition) is 4. The number of phenolic OH excluding ortho intramolecular Hbond substituents is 1. The Bertz CT molecular complexity index is 571. The summed E-state index contributed by atoms with van der Waals surface area (Å²) in [5, 5.41) is 17.1. The summed E-state index contributed by atoms with van der Waals surface area (Å²) in [6.07, 6.45) is 3.56. The molecule has 0 aliphatic carbocycles. The van der Waals surface area contributed by atoms with Crippen molar-refractivity contribution in [1.29, 1.82) is 0 Å². The minimum Gasteiger partial charge on any atom is -0.507 e. The summed E-state index contributed by atoms with van der Waals surface area (Å²) in [7, 11) is 1.64. The molecule has 108 valence electrons. The quantitative estimate of drug-likeness (QED) is 0.853. The van der Waals surface area contributed by atoms with Crippen LogP contribution in [0.4, 0.5) is 10.1 Å². The number of methoxy groups -OCH3 is 1. The molecule has 0 fully saturated rings. The third kappa shape index (κ3) is 3.48. The largest absolute Gasteiger partial charge is 0.507 e. The summed E-state index contributed by atoms with van der Waals surface area (Å²) in [5.74, 6) is -0.511. The van der Waals surface area contributed by atoms with Gasteiger partial charge >= 0.3 is 0 Å². The zero-order valence-electron chi connectivity index (χ0n) is 11.5. The van der Waals surface area contributed by atoms with Crippen molar-refractivity contribution in [3.05, 3.63) is 42.0 Å². The fraction of sp³-hybridized carbons (Fsp3) is 0.357. The zero-order chi connectivity index (χ0) is 14.5. The number of hydrogen-bond donors (Lipinski definition) is 2. The van der Waals surface area contributed by atoms with Crippen molar-refractivity contribution >= 4 is 5.69 Å². The molecule has 2 rings (SSSR count). The molecule has 2 aromatic rings. The standard InChI is InChI=1S/C14H18FN3O2/c1-10(13-4-3-11(15)7-14(13)19)17-12-8-16-18(9-12)5-6-20-2/h3-4,7-10,17,19H,5-6H2,1-2H3. The van der Waals surface area contributed by atoms with Crippen LogP contribution in [0, 0.1) is 5.82 Å². The third-order valence-electron chi connectivity index (χ3n) is 3.00. The van der Waals surface area contributed by atoms with Crippen LogP contribution in [0.1, 0.15) is 18.5 Å². The molecule has 1 unspecified atom stereocenters. The molecule has 1 heterocycles. The molecule has 1 atom stereocenters. The summed E-state index contributed by atoms with van der Waals surface area (Å²) < 4.78 is 19.7. The van der Waals surface area contributed by atoms with Crippen LogP contribution in [0.5, 0.6) is 5.75 Å². The number of benzene rings is 1. The molecule has 0 radical (unpaired) electrons. The highest BCUT2D eigenvalue weighted by Gasteiger charge is 2.11. The SMILES string of the molecule is COCCn1cc(NC(C)c2ccc(F)cc2O)cn1. The first-order chi connectivity index (χ1) is 9.60. The Balaban J connectivity index is 2.03. The third-order valence-corrected chi connectivity index (χ3v) is 3.00. The Kier molecular flexibility index (Phi) is 4.57. The Labute approximate surface area is 117 Å². The van der Waals surface area contributed by atoms with Crippen LogP contribution >= 0.6 is 0 Å². The van der Waals surface area contributed by atoms with Gasteiger partial charge in [0.1, 0.15) is 11.6 Å². The van der Waals surface area contributed by atoms with Crippen molar-refractivity contribution in [3.8, 4) is 5.75 Å². The number of rotatable bonds is 6. The van der Waals surface area contributed by atoms with Gasteiger partial charge in [-0.15, -0.1) is 0 Å². The first-order valence-electron chi connectivity index (χ1n) is 6.36. The van der Waals surface area contributed by atoms with Crippen molar-refractivity contribution in [2.45, 2.75) is 19.5 Å². The van der Waals surface area contributed by atoms with Gasteiger partial charge in [-0.3, -0.25) is 4.68 Å². The highest BCUT2D eigenvalue weighted by Crippen LogP contribution is 2.27. The van der Waals surface area contributed by atoms with Gasteiger partial charge in [-0.2, -0.15) is 5.10 Å². The molecule has 0 spiro atoms. The lowest BCUT2D eigenvalue weighted by atomic mass is 10.1. The summed E-state index contributed by atoms with van der Waals surface area (Å²) >= 11 is 0. The predicted molar refractivity (Wildman–Crippen MR) is 74.2 cm³/mol.